The zero-order valence-electron chi connectivity index (χ0n) is 35.0. The molecule has 0 radical (unpaired) electrons. The summed E-state index contributed by atoms with van der Waals surface area (Å²) in [5, 5.41) is 67.9. The van der Waals surface area contributed by atoms with E-state index in [0.717, 1.165) is 100 Å². The molecule has 6 nitrogen and oxygen atoms in total. The van der Waals surface area contributed by atoms with E-state index >= 15 is 0 Å². The average molecular weight is 765 g/mol. The maximum atomic E-state index is 11.6. The lowest BCUT2D eigenvalue weighted by Crippen LogP contribution is -2.05. The van der Waals surface area contributed by atoms with Gasteiger partial charge in [-0.1, -0.05) is 71.8 Å². The minimum Gasteiger partial charge on any atom is -0.507 e. The maximum absolute atomic E-state index is 11.6. The molecule has 6 N–H and O–H groups in total. The van der Waals surface area contributed by atoms with Gasteiger partial charge in [-0.15, -0.1) is 0 Å². The number of benzene rings is 6. The Morgan fingerprint density at radius 2 is 0.561 bits per heavy atom. The van der Waals surface area contributed by atoms with Gasteiger partial charge in [0, 0.05) is 47.9 Å². The van der Waals surface area contributed by atoms with Gasteiger partial charge < -0.3 is 30.6 Å². The molecule has 0 aliphatic carbocycles. The van der Waals surface area contributed by atoms with Crippen molar-refractivity contribution < 1.29 is 30.6 Å². The Hall–Kier alpha value is -5.88. The lowest BCUT2D eigenvalue weighted by Gasteiger charge is -2.21. The van der Waals surface area contributed by atoms with E-state index in [-0.39, 0.29) is 34.5 Å². The Bertz CT molecular complexity index is 2380. The zero-order valence-corrected chi connectivity index (χ0v) is 35.0. The fourth-order valence-corrected chi connectivity index (χ4v) is 8.42. The molecule has 0 atom stereocenters. The minimum absolute atomic E-state index is 0.158. The molecule has 0 aliphatic heterocycles. The van der Waals surface area contributed by atoms with Gasteiger partial charge in [0.05, 0.1) is 0 Å². The van der Waals surface area contributed by atoms with Crippen molar-refractivity contribution in [1.29, 1.82) is 0 Å². The molecule has 6 aromatic rings. The molecule has 0 fully saturated rings. The Morgan fingerprint density at radius 3 is 0.895 bits per heavy atom. The van der Waals surface area contributed by atoms with E-state index < -0.39 is 0 Å². The number of hydrogen-bond acceptors (Lipinski definition) is 6. The molecular weight excluding hydrogens is 709 g/mol. The molecular formula is C51H56O6. The third-order valence-electron chi connectivity index (χ3n) is 12.1. The standard InChI is InChI=1S/C51H56O6/c1-26-15-38(22-42-28(3)11-13-30(5)46(42)52)50(56)40(17-26)24-44-34(9)36(19-32(7)48(44)54)21-37-20-33(8)49(55)45(35(37)10)25-41-18-27(2)16-39(51(41)57)23-43-29(4)12-14-31(6)47(43)53/h11-20,52-57H,21-25H2,1-10H3. The summed E-state index contributed by atoms with van der Waals surface area (Å²) in [6.45, 7) is 19.4. The highest BCUT2D eigenvalue weighted by Crippen LogP contribution is 2.40. The average Bonchev–Trinajstić information content (AvgIpc) is 3.16. The number of hydrogen-bond donors (Lipinski definition) is 6. The van der Waals surface area contributed by atoms with Crippen LogP contribution in [0.5, 0.6) is 34.5 Å². The molecule has 0 amide bonds. The molecule has 6 heteroatoms. The van der Waals surface area contributed by atoms with Crippen LogP contribution in [0.1, 0.15) is 111 Å². The Balaban J connectivity index is 1.34. The Kier molecular flexibility index (Phi) is 11.4. The highest BCUT2D eigenvalue weighted by atomic mass is 16.3. The van der Waals surface area contributed by atoms with E-state index in [4.69, 9.17) is 0 Å². The molecule has 0 aromatic heterocycles. The van der Waals surface area contributed by atoms with Crippen LogP contribution < -0.4 is 0 Å². The molecule has 0 heterocycles. The Labute approximate surface area is 337 Å². The number of phenolic OH excluding ortho intramolecular Hbond substituents is 6. The third kappa shape index (κ3) is 8.04. The molecule has 0 bridgehead atoms. The van der Waals surface area contributed by atoms with E-state index in [1.807, 2.05) is 130 Å². The number of phenols is 6. The molecule has 6 aromatic carbocycles. The van der Waals surface area contributed by atoms with Gasteiger partial charge in [-0.25, -0.2) is 0 Å². The highest BCUT2D eigenvalue weighted by molar-refractivity contribution is 5.59. The van der Waals surface area contributed by atoms with Gasteiger partial charge in [-0.3, -0.25) is 0 Å². The minimum atomic E-state index is 0.158. The van der Waals surface area contributed by atoms with Gasteiger partial charge >= 0.3 is 0 Å². The van der Waals surface area contributed by atoms with E-state index in [9.17, 15) is 30.6 Å². The monoisotopic (exact) mass is 764 g/mol. The van der Waals surface area contributed by atoms with Crippen molar-refractivity contribution >= 4 is 0 Å². The van der Waals surface area contributed by atoms with E-state index in [1.165, 1.54) is 0 Å². The van der Waals surface area contributed by atoms with Crippen molar-refractivity contribution in [2.24, 2.45) is 0 Å². The van der Waals surface area contributed by atoms with Crippen LogP contribution in [0.2, 0.25) is 0 Å². The van der Waals surface area contributed by atoms with Crippen molar-refractivity contribution in [3.8, 4) is 34.5 Å². The summed E-state index contributed by atoms with van der Waals surface area (Å²) in [6, 6.07) is 19.6. The first-order valence-electron chi connectivity index (χ1n) is 19.7. The third-order valence-corrected chi connectivity index (χ3v) is 12.1. The number of aryl methyl sites for hydroxylation is 8. The quantitative estimate of drug-likeness (QED) is 0.0826. The summed E-state index contributed by atoms with van der Waals surface area (Å²) in [6.07, 6.45) is 1.94. The number of rotatable bonds is 10. The first-order chi connectivity index (χ1) is 26.9. The van der Waals surface area contributed by atoms with E-state index in [0.29, 0.717) is 43.2 Å². The largest absolute Gasteiger partial charge is 0.507 e. The van der Waals surface area contributed by atoms with Crippen LogP contribution in [0.4, 0.5) is 0 Å². The molecule has 57 heavy (non-hydrogen) atoms. The van der Waals surface area contributed by atoms with Crippen LogP contribution in [0.25, 0.3) is 0 Å². The summed E-state index contributed by atoms with van der Waals surface area (Å²) >= 11 is 0. The van der Waals surface area contributed by atoms with Crippen molar-refractivity contribution in [2.75, 3.05) is 0 Å². The normalized spacial score (nSPS) is 11.4. The molecule has 6 rings (SSSR count). The smallest absolute Gasteiger partial charge is 0.122 e. The molecule has 0 unspecified atom stereocenters. The van der Waals surface area contributed by atoms with Crippen molar-refractivity contribution in [3.05, 3.63) is 172 Å². The van der Waals surface area contributed by atoms with Crippen LogP contribution in [0, 0.1) is 69.2 Å². The second-order valence-electron chi connectivity index (χ2n) is 16.4. The summed E-state index contributed by atoms with van der Waals surface area (Å²) < 4.78 is 0. The molecule has 0 spiro atoms. The van der Waals surface area contributed by atoms with Gasteiger partial charge in [0.1, 0.15) is 34.5 Å². The van der Waals surface area contributed by atoms with Crippen LogP contribution in [-0.2, 0) is 32.1 Å². The fraction of sp³-hybridized carbons (Fsp3) is 0.294. The second-order valence-corrected chi connectivity index (χ2v) is 16.4. The van der Waals surface area contributed by atoms with Gasteiger partial charge in [-0.05, 0) is 154 Å². The predicted octanol–water partition coefficient (Wildman–Crippen LogP) is 11.0. The van der Waals surface area contributed by atoms with Crippen LogP contribution in [0.3, 0.4) is 0 Å². The van der Waals surface area contributed by atoms with Crippen LogP contribution in [0.15, 0.2) is 60.7 Å². The molecule has 0 saturated heterocycles. The van der Waals surface area contributed by atoms with Crippen molar-refractivity contribution in [1.82, 2.24) is 0 Å². The maximum Gasteiger partial charge on any atom is 0.122 e. The first-order valence-corrected chi connectivity index (χ1v) is 19.7. The summed E-state index contributed by atoms with van der Waals surface area (Å²) in [4.78, 5) is 0. The predicted molar refractivity (Wildman–Crippen MR) is 230 cm³/mol. The summed E-state index contributed by atoms with van der Waals surface area (Å²) in [7, 11) is 0. The van der Waals surface area contributed by atoms with Gasteiger partial charge in [0.25, 0.3) is 0 Å². The zero-order chi connectivity index (χ0) is 41.6. The van der Waals surface area contributed by atoms with Crippen molar-refractivity contribution in [3.63, 3.8) is 0 Å². The van der Waals surface area contributed by atoms with Crippen LogP contribution >= 0.6 is 0 Å². The van der Waals surface area contributed by atoms with Crippen LogP contribution in [-0.4, -0.2) is 30.6 Å². The topological polar surface area (TPSA) is 121 Å². The van der Waals surface area contributed by atoms with E-state index in [1.54, 1.807) is 0 Å². The molecule has 0 aliphatic rings. The summed E-state index contributed by atoms with van der Waals surface area (Å²) in [5.41, 5.74) is 16.7. The highest BCUT2D eigenvalue weighted by Gasteiger charge is 2.22. The first kappa shape index (κ1) is 40.8. The molecule has 0 saturated carbocycles. The van der Waals surface area contributed by atoms with Gasteiger partial charge in [0.15, 0.2) is 0 Å². The SMILES string of the molecule is Cc1cc(Cc2c(C)ccc(C)c2O)c(O)c(Cc2c(C)c(Cc3cc(C)c(O)c(Cc4cc(C)cc(Cc5c(C)ccc(C)c5O)c4O)c3C)cc(C)c2O)c1. The summed E-state index contributed by atoms with van der Waals surface area (Å²) in [5.74, 6) is 1.20. The second kappa shape index (κ2) is 15.9. The van der Waals surface area contributed by atoms with Crippen molar-refractivity contribution in [2.45, 2.75) is 101 Å². The lowest BCUT2D eigenvalue weighted by molar-refractivity contribution is 0.453. The van der Waals surface area contributed by atoms with Gasteiger partial charge in [-0.2, -0.15) is 0 Å². The van der Waals surface area contributed by atoms with E-state index in [2.05, 4.69) is 0 Å². The lowest BCUT2D eigenvalue weighted by atomic mass is 9.85. The number of aromatic hydroxyl groups is 6. The fourth-order valence-electron chi connectivity index (χ4n) is 8.42. The Morgan fingerprint density at radius 1 is 0.281 bits per heavy atom. The molecule has 296 valence electrons. The van der Waals surface area contributed by atoms with Gasteiger partial charge in [0.2, 0.25) is 0 Å².